The molecule has 1 aromatic carbocycles. The summed E-state index contributed by atoms with van der Waals surface area (Å²) >= 11 is -0.583. The first-order valence-corrected chi connectivity index (χ1v) is 9.63. The third-order valence-electron chi connectivity index (χ3n) is 3.35. The Bertz CT molecular complexity index is 833. The van der Waals surface area contributed by atoms with Crippen molar-refractivity contribution in [1.29, 1.82) is 0 Å². The number of thiophene rings is 1. The zero-order valence-electron chi connectivity index (χ0n) is 14.5. The smallest absolute Gasteiger partial charge is 0.323 e. The van der Waals surface area contributed by atoms with Gasteiger partial charge in [0.1, 0.15) is 16.0 Å². The molecular weight excluding hydrogens is 374 g/mol. The van der Waals surface area contributed by atoms with Crippen molar-refractivity contribution < 1.29 is 23.1 Å². The van der Waals surface area contributed by atoms with Gasteiger partial charge in [0, 0.05) is 5.56 Å². The normalized spacial score (nSPS) is 12.9. The van der Waals surface area contributed by atoms with E-state index in [1.54, 1.807) is 33.1 Å². The van der Waals surface area contributed by atoms with Gasteiger partial charge in [-0.3, -0.25) is 4.79 Å². The zero-order chi connectivity index (χ0) is 19.1. The molecular formula is C18H19NO5S2. The Balaban J connectivity index is 1.99. The van der Waals surface area contributed by atoms with Crippen LogP contribution in [0.25, 0.3) is 0 Å². The summed E-state index contributed by atoms with van der Waals surface area (Å²) in [7, 11) is 1.60. The van der Waals surface area contributed by atoms with E-state index in [0.717, 1.165) is 16.2 Å². The molecule has 1 aromatic heterocycles. The second kappa shape index (κ2) is 9.50. The van der Waals surface area contributed by atoms with Crippen LogP contribution in [0.15, 0.2) is 40.6 Å². The van der Waals surface area contributed by atoms with E-state index in [0.29, 0.717) is 4.21 Å². The number of carboxylic acids is 1. The summed E-state index contributed by atoms with van der Waals surface area (Å²) in [6.45, 7) is 3.46. The first kappa shape index (κ1) is 20.1. The van der Waals surface area contributed by atoms with E-state index in [2.05, 4.69) is 17.3 Å². The predicted molar refractivity (Wildman–Crippen MR) is 100 cm³/mol. The molecule has 0 fully saturated rings. The van der Waals surface area contributed by atoms with E-state index in [9.17, 15) is 9.00 Å². The summed E-state index contributed by atoms with van der Waals surface area (Å²) in [4.78, 5) is 11.8. The van der Waals surface area contributed by atoms with E-state index in [1.807, 2.05) is 24.3 Å². The van der Waals surface area contributed by atoms with Crippen molar-refractivity contribution in [1.82, 2.24) is 5.48 Å². The Morgan fingerprint density at radius 2 is 1.88 bits per heavy atom. The number of carbonyl (C=O) groups is 1. The number of benzene rings is 1. The average molecular weight is 393 g/mol. The quantitative estimate of drug-likeness (QED) is 0.556. The van der Waals surface area contributed by atoms with Crippen molar-refractivity contribution in [3.05, 3.63) is 46.8 Å². The maximum absolute atomic E-state index is 12.1. The van der Waals surface area contributed by atoms with Crippen molar-refractivity contribution in [2.75, 3.05) is 7.11 Å². The molecule has 8 heteroatoms. The van der Waals surface area contributed by atoms with Crippen LogP contribution in [-0.4, -0.2) is 28.4 Å². The van der Waals surface area contributed by atoms with Gasteiger partial charge >= 0.3 is 5.97 Å². The number of ether oxygens (including phenoxy) is 1. The molecule has 2 rings (SSSR count). The highest BCUT2D eigenvalue weighted by atomic mass is 32.2. The van der Waals surface area contributed by atoms with Gasteiger partial charge in [-0.25, -0.2) is 4.21 Å². The fraction of sp³-hybridized carbons (Fsp3) is 0.278. The Kier molecular flexibility index (Phi) is 7.36. The number of hydrogen-bond donors (Lipinski definition) is 2. The number of aliphatic carboxylic acids is 1. The van der Waals surface area contributed by atoms with Crippen molar-refractivity contribution >= 4 is 28.4 Å². The Morgan fingerprint density at radius 1 is 1.19 bits per heavy atom. The lowest BCUT2D eigenvalue weighted by atomic mass is 10.1. The van der Waals surface area contributed by atoms with Crippen LogP contribution in [0.3, 0.4) is 0 Å². The van der Waals surface area contributed by atoms with Crippen LogP contribution in [0.5, 0.6) is 5.75 Å². The summed E-state index contributed by atoms with van der Waals surface area (Å²) in [5.74, 6) is 5.50. The molecule has 0 saturated heterocycles. The molecule has 138 valence electrons. The molecule has 0 saturated carbocycles. The van der Waals surface area contributed by atoms with Crippen LogP contribution in [0, 0.1) is 17.8 Å². The van der Waals surface area contributed by atoms with Gasteiger partial charge in [-0.2, -0.15) is 9.76 Å². The molecule has 0 aliphatic heterocycles. The van der Waals surface area contributed by atoms with E-state index in [1.165, 1.54) is 11.3 Å². The minimum atomic E-state index is -1.81. The summed E-state index contributed by atoms with van der Waals surface area (Å²) in [6, 6.07) is 9.80. The van der Waals surface area contributed by atoms with Crippen molar-refractivity contribution in [3.63, 3.8) is 0 Å². The second-order valence-corrected chi connectivity index (χ2v) is 8.01. The van der Waals surface area contributed by atoms with E-state index in [-0.39, 0.29) is 5.92 Å². The predicted octanol–water partition coefficient (Wildman–Crippen LogP) is 2.81. The lowest BCUT2D eigenvalue weighted by Gasteiger charge is -2.16. The standard InChI is InChI=1S/C18H19NO5S2/c1-12(2)17(18(20)21)19-24-26(22)16-11-10-15(25-16)9-6-13-4-7-14(23-3)8-5-13/h4-5,7-8,10-12,17,19H,1-3H3,(H,20,21). The molecule has 0 aliphatic carbocycles. The molecule has 0 bridgehead atoms. The highest BCUT2D eigenvalue weighted by molar-refractivity contribution is 7.82. The zero-order valence-corrected chi connectivity index (χ0v) is 16.1. The fourth-order valence-electron chi connectivity index (χ4n) is 1.89. The summed E-state index contributed by atoms with van der Waals surface area (Å²) in [5.41, 5.74) is 3.19. The molecule has 1 heterocycles. The topological polar surface area (TPSA) is 84.9 Å². The van der Waals surface area contributed by atoms with Crippen LogP contribution < -0.4 is 10.2 Å². The van der Waals surface area contributed by atoms with Gasteiger partial charge in [-0.15, -0.1) is 11.3 Å². The van der Waals surface area contributed by atoms with Gasteiger partial charge in [-0.1, -0.05) is 25.7 Å². The molecule has 0 amide bonds. The second-order valence-electron chi connectivity index (χ2n) is 5.59. The number of nitrogens with one attached hydrogen (secondary N) is 1. The minimum Gasteiger partial charge on any atom is -0.497 e. The average Bonchev–Trinajstić information content (AvgIpc) is 3.09. The number of hydrogen-bond acceptors (Lipinski definition) is 6. The summed E-state index contributed by atoms with van der Waals surface area (Å²) < 4.78 is 22.7. The summed E-state index contributed by atoms with van der Waals surface area (Å²) in [6.07, 6.45) is 0. The van der Waals surface area contributed by atoms with Crippen LogP contribution in [-0.2, 0) is 20.2 Å². The van der Waals surface area contributed by atoms with Gasteiger partial charge in [0.2, 0.25) is 11.1 Å². The Morgan fingerprint density at radius 3 is 2.46 bits per heavy atom. The number of methoxy groups -OCH3 is 1. The summed E-state index contributed by atoms with van der Waals surface area (Å²) in [5, 5.41) is 9.08. The van der Waals surface area contributed by atoms with Crippen molar-refractivity contribution in [3.8, 4) is 17.6 Å². The van der Waals surface area contributed by atoms with Crippen LogP contribution in [0.1, 0.15) is 24.3 Å². The van der Waals surface area contributed by atoms with E-state index in [4.69, 9.17) is 14.1 Å². The van der Waals surface area contributed by atoms with Crippen molar-refractivity contribution in [2.45, 2.75) is 24.1 Å². The Labute approximate surface area is 158 Å². The third kappa shape index (κ3) is 5.68. The van der Waals surface area contributed by atoms with Gasteiger partial charge in [0.15, 0.2) is 0 Å². The maximum Gasteiger partial charge on any atom is 0.323 e. The molecule has 2 atom stereocenters. The highest BCUT2D eigenvalue weighted by Gasteiger charge is 2.23. The molecule has 2 aromatic rings. The van der Waals surface area contributed by atoms with Gasteiger partial charge in [-0.05, 0) is 42.3 Å². The van der Waals surface area contributed by atoms with Crippen LogP contribution in [0.2, 0.25) is 0 Å². The molecule has 2 unspecified atom stereocenters. The molecule has 0 spiro atoms. The lowest BCUT2D eigenvalue weighted by molar-refractivity contribution is -0.143. The number of carboxylic acid groups (broad SMARTS) is 1. The largest absolute Gasteiger partial charge is 0.497 e. The molecule has 0 aliphatic rings. The number of rotatable bonds is 7. The highest BCUT2D eigenvalue weighted by Crippen LogP contribution is 2.20. The monoisotopic (exact) mass is 393 g/mol. The molecule has 26 heavy (non-hydrogen) atoms. The number of hydroxylamine groups is 1. The van der Waals surface area contributed by atoms with E-state index < -0.39 is 23.1 Å². The first-order chi connectivity index (χ1) is 12.4. The van der Waals surface area contributed by atoms with Crippen molar-refractivity contribution in [2.24, 2.45) is 5.92 Å². The van der Waals surface area contributed by atoms with Gasteiger partial charge in [0.25, 0.3) is 0 Å². The van der Waals surface area contributed by atoms with E-state index >= 15 is 0 Å². The van der Waals surface area contributed by atoms with Crippen LogP contribution >= 0.6 is 11.3 Å². The van der Waals surface area contributed by atoms with Gasteiger partial charge < -0.3 is 9.84 Å². The SMILES string of the molecule is COc1ccc(C#Cc2ccc(S(=O)ONC(C(=O)O)C(C)C)s2)cc1. The fourth-order valence-corrected chi connectivity index (χ4v) is 3.58. The van der Waals surface area contributed by atoms with Crippen LogP contribution in [0.4, 0.5) is 0 Å². The lowest BCUT2D eigenvalue weighted by Crippen LogP contribution is -2.41. The molecule has 0 radical (unpaired) electrons. The Hall–Kier alpha value is -2.18. The minimum absolute atomic E-state index is 0.209. The maximum atomic E-state index is 12.1. The van der Waals surface area contributed by atoms with Gasteiger partial charge in [0.05, 0.1) is 12.0 Å². The first-order valence-electron chi connectivity index (χ1n) is 7.74. The third-order valence-corrected chi connectivity index (χ3v) is 5.51. The molecule has 2 N–H and O–H groups in total. The molecule has 6 nitrogen and oxygen atoms in total.